The van der Waals surface area contributed by atoms with E-state index < -0.39 is 0 Å². The molecule has 2 aromatic carbocycles. The third-order valence-corrected chi connectivity index (χ3v) is 2.80. The quantitative estimate of drug-likeness (QED) is 0.673. The molecule has 2 N–H and O–H groups in total. The van der Waals surface area contributed by atoms with Crippen molar-refractivity contribution in [3.63, 3.8) is 0 Å². The summed E-state index contributed by atoms with van der Waals surface area (Å²) in [6, 6.07) is 12.0. The Labute approximate surface area is 110 Å². The van der Waals surface area contributed by atoms with E-state index in [0.29, 0.717) is 27.8 Å². The van der Waals surface area contributed by atoms with Gasteiger partial charge < -0.3 is 10.5 Å². The molecule has 0 bridgehead atoms. The number of hydrogen-bond donors (Lipinski definition) is 1. The summed E-state index contributed by atoms with van der Waals surface area (Å²) in [4.78, 5) is 11.1. The SMILES string of the molecule is CC(=O)c1ccc(Oc2ccc(N)c(Cl)c2)cc1. The molecule has 0 radical (unpaired) electrons. The number of nitrogen functional groups attached to an aromatic ring is 1. The molecule has 0 fully saturated rings. The van der Waals surface area contributed by atoms with Gasteiger partial charge in [-0.2, -0.15) is 0 Å². The van der Waals surface area contributed by atoms with E-state index in [9.17, 15) is 4.79 Å². The van der Waals surface area contributed by atoms with Crippen molar-refractivity contribution in [1.29, 1.82) is 0 Å². The zero-order valence-electron chi connectivity index (χ0n) is 9.81. The van der Waals surface area contributed by atoms with Crippen molar-refractivity contribution < 1.29 is 9.53 Å². The highest BCUT2D eigenvalue weighted by Gasteiger charge is 2.03. The van der Waals surface area contributed by atoms with Crippen molar-refractivity contribution in [1.82, 2.24) is 0 Å². The number of nitrogens with two attached hydrogens (primary N) is 1. The van der Waals surface area contributed by atoms with Gasteiger partial charge in [-0.05, 0) is 43.3 Å². The zero-order valence-corrected chi connectivity index (χ0v) is 10.6. The fourth-order valence-corrected chi connectivity index (χ4v) is 1.64. The lowest BCUT2D eigenvalue weighted by atomic mass is 10.1. The average Bonchev–Trinajstić information content (AvgIpc) is 2.34. The predicted molar refractivity (Wildman–Crippen MR) is 72.4 cm³/mol. The summed E-state index contributed by atoms with van der Waals surface area (Å²) in [7, 11) is 0. The second kappa shape index (κ2) is 5.10. The Morgan fingerprint density at radius 3 is 2.28 bits per heavy atom. The normalized spacial score (nSPS) is 10.1. The number of ketones is 1. The van der Waals surface area contributed by atoms with Crippen molar-refractivity contribution >= 4 is 23.1 Å². The van der Waals surface area contributed by atoms with E-state index in [1.807, 2.05) is 0 Å². The monoisotopic (exact) mass is 261 g/mol. The predicted octanol–water partition coefficient (Wildman–Crippen LogP) is 3.92. The van der Waals surface area contributed by atoms with Gasteiger partial charge in [0.15, 0.2) is 5.78 Å². The molecule has 2 aromatic rings. The number of carbonyl (C=O) groups excluding carboxylic acids is 1. The molecule has 0 aliphatic heterocycles. The summed E-state index contributed by atoms with van der Waals surface area (Å²) in [5.74, 6) is 1.27. The van der Waals surface area contributed by atoms with Crippen molar-refractivity contribution in [2.75, 3.05) is 5.73 Å². The minimum Gasteiger partial charge on any atom is -0.457 e. The second-order valence-electron chi connectivity index (χ2n) is 3.87. The number of carbonyl (C=O) groups is 1. The van der Waals surface area contributed by atoms with Gasteiger partial charge >= 0.3 is 0 Å². The third kappa shape index (κ3) is 2.81. The van der Waals surface area contributed by atoms with Crippen molar-refractivity contribution in [3.8, 4) is 11.5 Å². The molecule has 3 nitrogen and oxygen atoms in total. The number of benzene rings is 2. The first-order chi connectivity index (χ1) is 8.56. The average molecular weight is 262 g/mol. The summed E-state index contributed by atoms with van der Waals surface area (Å²) in [5, 5.41) is 0.452. The van der Waals surface area contributed by atoms with Gasteiger partial charge in [0.05, 0.1) is 10.7 Å². The van der Waals surface area contributed by atoms with Gasteiger partial charge in [-0.1, -0.05) is 11.6 Å². The van der Waals surface area contributed by atoms with Crippen LogP contribution in [0.1, 0.15) is 17.3 Å². The van der Waals surface area contributed by atoms with E-state index in [4.69, 9.17) is 22.1 Å². The van der Waals surface area contributed by atoms with Crippen LogP contribution >= 0.6 is 11.6 Å². The van der Waals surface area contributed by atoms with Crippen LogP contribution in [0.25, 0.3) is 0 Å². The molecule has 0 saturated carbocycles. The Bertz CT molecular complexity index is 579. The van der Waals surface area contributed by atoms with Crippen molar-refractivity contribution in [3.05, 3.63) is 53.1 Å². The van der Waals surface area contributed by atoms with Crippen LogP contribution in [-0.4, -0.2) is 5.78 Å². The Morgan fingerprint density at radius 1 is 1.11 bits per heavy atom. The minimum absolute atomic E-state index is 0.0251. The van der Waals surface area contributed by atoms with Crippen LogP contribution in [-0.2, 0) is 0 Å². The number of anilines is 1. The van der Waals surface area contributed by atoms with Crippen LogP contribution in [0.4, 0.5) is 5.69 Å². The minimum atomic E-state index is 0.0251. The number of ether oxygens (including phenoxy) is 1. The van der Waals surface area contributed by atoms with Crippen LogP contribution < -0.4 is 10.5 Å². The lowest BCUT2D eigenvalue weighted by Gasteiger charge is -2.07. The largest absolute Gasteiger partial charge is 0.457 e. The summed E-state index contributed by atoms with van der Waals surface area (Å²) >= 11 is 5.90. The molecule has 0 amide bonds. The van der Waals surface area contributed by atoms with Gasteiger partial charge in [-0.25, -0.2) is 0 Å². The maximum atomic E-state index is 11.1. The Hall–Kier alpha value is -2.00. The maximum Gasteiger partial charge on any atom is 0.159 e. The van der Waals surface area contributed by atoms with Crippen LogP contribution in [0.2, 0.25) is 5.02 Å². The highest BCUT2D eigenvalue weighted by molar-refractivity contribution is 6.33. The molecule has 2 rings (SSSR count). The van der Waals surface area contributed by atoms with Crippen LogP contribution in [0, 0.1) is 0 Å². The van der Waals surface area contributed by atoms with Gasteiger partial charge in [-0.3, -0.25) is 4.79 Å². The zero-order chi connectivity index (χ0) is 13.1. The highest BCUT2D eigenvalue weighted by Crippen LogP contribution is 2.28. The maximum absolute atomic E-state index is 11.1. The molecule has 92 valence electrons. The van der Waals surface area contributed by atoms with Crippen molar-refractivity contribution in [2.24, 2.45) is 0 Å². The smallest absolute Gasteiger partial charge is 0.159 e. The van der Waals surface area contributed by atoms with Crippen molar-refractivity contribution in [2.45, 2.75) is 6.92 Å². The van der Waals surface area contributed by atoms with Gasteiger partial charge in [0.2, 0.25) is 0 Å². The first kappa shape index (κ1) is 12.5. The van der Waals surface area contributed by atoms with Gasteiger partial charge in [0.25, 0.3) is 0 Å². The standard InChI is InChI=1S/C14H12ClNO2/c1-9(17)10-2-4-11(5-3-10)18-12-6-7-14(16)13(15)8-12/h2-8H,16H2,1H3. The Morgan fingerprint density at radius 2 is 1.72 bits per heavy atom. The van der Waals surface area contributed by atoms with E-state index in [2.05, 4.69) is 0 Å². The van der Waals surface area contributed by atoms with Gasteiger partial charge in [0.1, 0.15) is 11.5 Å². The lowest BCUT2D eigenvalue weighted by molar-refractivity contribution is 0.101. The molecule has 0 heterocycles. The van der Waals surface area contributed by atoms with Gasteiger partial charge in [-0.15, -0.1) is 0 Å². The summed E-state index contributed by atoms with van der Waals surface area (Å²) < 4.78 is 5.60. The molecular formula is C14H12ClNO2. The molecule has 18 heavy (non-hydrogen) atoms. The van der Waals surface area contributed by atoms with Crippen LogP contribution in [0.3, 0.4) is 0 Å². The summed E-state index contributed by atoms with van der Waals surface area (Å²) in [6.45, 7) is 1.52. The first-order valence-electron chi connectivity index (χ1n) is 5.40. The summed E-state index contributed by atoms with van der Waals surface area (Å²) in [5.41, 5.74) is 6.77. The van der Waals surface area contributed by atoms with E-state index in [1.54, 1.807) is 42.5 Å². The Kier molecular flexibility index (Phi) is 3.53. The molecule has 0 atom stereocenters. The summed E-state index contributed by atoms with van der Waals surface area (Å²) in [6.07, 6.45) is 0. The van der Waals surface area contributed by atoms with Gasteiger partial charge in [0, 0.05) is 11.6 Å². The van der Waals surface area contributed by atoms with E-state index in [1.165, 1.54) is 6.92 Å². The Balaban J connectivity index is 2.18. The molecule has 0 saturated heterocycles. The first-order valence-corrected chi connectivity index (χ1v) is 5.78. The fourth-order valence-electron chi connectivity index (χ4n) is 1.47. The van der Waals surface area contributed by atoms with Crippen LogP contribution in [0.15, 0.2) is 42.5 Å². The molecule has 0 spiro atoms. The topological polar surface area (TPSA) is 52.3 Å². The molecular weight excluding hydrogens is 250 g/mol. The number of halogens is 1. The molecule has 4 heteroatoms. The van der Waals surface area contributed by atoms with Crippen LogP contribution in [0.5, 0.6) is 11.5 Å². The van der Waals surface area contributed by atoms with E-state index in [0.717, 1.165) is 0 Å². The second-order valence-corrected chi connectivity index (χ2v) is 4.27. The molecule has 0 unspecified atom stereocenters. The van der Waals surface area contributed by atoms with E-state index in [-0.39, 0.29) is 5.78 Å². The third-order valence-electron chi connectivity index (χ3n) is 2.47. The molecule has 0 aliphatic carbocycles. The fraction of sp³-hybridized carbons (Fsp3) is 0.0714. The highest BCUT2D eigenvalue weighted by atomic mass is 35.5. The number of Topliss-reactive ketones (excluding diaryl/α,β-unsaturated/α-hetero) is 1. The number of hydrogen-bond acceptors (Lipinski definition) is 3. The van der Waals surface area contributed by atoms with E-state index >= 15 is 0 Å². The lowest BCUT2D eigenvalue weighted by Crippen LogP contribution is -1.92. The molecule has 0 aromatic heterocycles. The number of rotatable bonds is 3. The molecule has 0 aliphatic rings.